The van der Waals surface area contributed by atoms with Gasteiger partial charge in [-0.05, 0) is 48.2 Å². The first kappa shape index (κ1) is 18.8. The van der Waals surface area contributed by atoms with Crippen LogP contribution in [0.25, 0.3) is 10.9 Å². The first-order valence-electron chi connectivity index (χ1n) is 9.03. The summed E-state index contributed by atoms with van der Waals surface area (Å²) >= 11 is 0. The number of fused-ring (bicyclic) bond motifs is 1. The first-order valence-corrected chi connectivity index (χ1v) is 9.03. The molecular weight excluding hydrogens is 343 g/mol. The molecule has 0 saturated carbocycles. The third kappa shape index (κ3) is 4.78. The number of rotatable bonds is 7. The van der Waals surface area contributed by atoms with Gasteiger partial charge >= 0.3 is 0 Å². The number of aliphatic imine (C=N–C) groups is 1. The van der Waals surface area contributed by atoms with Crippen LogP contribution in [0, 0.1) is 5.82 Å². The summed E-state index contributed by atoms with van der Waals surface area (Å²) in [6.45, 7) is 1.45. The molecule has 3 N–H and O–H groups in total. The van der Waals surface area contributed by atoms with Crippen LogP contribution in [0.5, 0.6) is 5.75 Å². The van der Waals surface area contributed by atoms with Gasteiger partial charge in [-0.1, -0.05) is 18.2 Å². The van der Waals surface area contributed by atoms with Crippen LogP contribution in [0.15, 0.2) is 53.7 Å². The third-order valence-corrected chi connectivity index (χ3v) is 4.52. The molecule has 0 spiro atoms. The molecule has 0 radical (unpaired) electrons. The van der Waals surface area contributed by atoms with Gasteiger partial charge in [-0.3, -0.25) is 4.99 Å². The van der Waals surface area contributed by atoms with E-state index in [1.807, 2.05) is 24.4 Å². The summed E-state index contributed by atoms with van der Waals surface area (Å²) < 4.78 is 18.8. The summed E-state index contributed by atoms with van der Waals surface area (Å²) in [7, 11) is 3.43. The van der Waals surface area contributed by atoms with Gasteiger partial charge in [0.2, 0.25) is 0 Å². The number of para-hydroxylation sites is 1. The maximum atomic E-state index is 13.5. The van der Waals surface area contributed by atoms with Crippen LogP contribution in [0.4, 0.5) is 4.39 Å². The topological polar surface area (TPSA) is 61.4 Å². The van der Waals surface area contributed by atoms with Gasteiger partial charge in [0.1, 0.15) is 11.6 Å². The fraction of sp³-hybridized carbons (Fsp3) is 0.286. The summed E-state index contributed by atoms with van der Waals surface area (Å²) in [5, 5.41) is 7.54. The first-order chi connectivity index (χ1) is 13.2. The number of hydrogen-bond donors (Lipinski definition) is 3. The second-order valence-electron chi connectivity index (χ2n) is 6.24. The Bertz CT molecular complexity index is 919. The predicted octanol–water partition coefficient (Wildman–Crippen LogP) is 3.27. The van der Waals surface area contributed by atoms with Crippen LogP contribution in [-0.2, 0) is 12.8 Å². The van der Waals surface area contributed by atoms with Gasteiger partial charge in [0.05, 0.1) is 7.11 Å². The van der Waals surface area contributed by atoms with Crippen LogP contribution in [0.1, 0.15) is 11.1 Å². The fourth-order valence-electron chi connectivity index (χ4n) is 3.12. The average molecular weight is 368 g/mol. The highest BCUT2D eigenvalue weighted by Crippen LogP contribution is 2.19. The smallest absolute Gasteiger partial charge is 0.190 e. The molecule has 0 bridgehead atoms. The van der Waals surface area contributed by atoms with Crippen molar-refractivity contribution in [1.29, 1.82) is 0 Å². The van der Waals surface area contributed by atoms with Crippen molar-refractivity contribution in [3.8, 4) is 5.75 Å². The molecule has 0 amide bonds. The van der Waals surface area contributed by atoms with Crippen LogP contribution in [0.2, 0.25) is 0 Å². The van der Waals surface area contributed by atoms with Gasteiger partial charge in [-0.2, -0.15) is 0 Å². The molecule has 3 rings (SSSR count). The number of guanidine groups is 1. The fourth-order valence-corrected chi connectivity index (χ4v) is 3.12. The molecule has 0 saturated heterocycles. The van der Waals surface area contributed by atoms with Crippen molar-refractivity contribution in [3.63, 3.8) is 0 Å². The van der Waals surface area contributed by atoms with Gasteiger partial charge in [0.15, 0.2) is 5.96 Å². The van der Waals surface area contributed by atoms with Crippen molar-refractivity contribution >= 4 is 16.9 Å². The number of ether oxygens (including phenoxy) is 1. The van der Waals surface area contributed by atoms with Crippen molar-refractivity contribution in [3.05, 3.63) is 65.6 Å². The highest BCUT2D eigenvalue weighted by molar-refractivity contribution is 5.83. The van der Waals surface area contributed by atoms with E-state index < -0.39 is 0 Å². The summed E-state index contributed by atoms with van der Waals surface area (Å²) in [6, 6.07) is 12.8. The number of aromatic nitrogens is 1. The minimum atomic E-state index is -0.217. The van der Waals surface area contributed by atoms with E-state index in [4.69, 9.17) is 4.74 Å². The number of nitrogens with one attached hydrogen (secondary N) is 3. The number of hydrogen-bond acceptors (Lipinski definition) is 2. The zero-order chi connectivity index (χ0) is 19.1. The summed E-state index contributed by atoms with van der Waals surface area (Å²) in [6.07, 6.45) is 3.55. The molecule has 3 aromatic rings. The molecule has 0 atom stereocenters. The van der Waals surface area contributed by atoms with Gasteiger partial charge in [0.25, 0.3) is 0 Å². The summed E-state index contributed by atoms with van der Waals surface area (Å²) in [5.74, 6) is 1.43. The van der Waals surface area contributed by atoms with Gasteiger partial charge in [-0.25, -0.2) is 4.39 Å². The monoisotopic (exact) mass is 368 g/mol. The van der Waals surface area contributed by atoms with E-state index in [0.717, 1.165) is 53.1 Å². The maximum Gasteiger partial charge on any atom is 0.190 e. The molecule has 0 aliphatic rings. The molecule has 27 heavy (non-hydrogen) atoms. The van der Waals surface area contributed by atoms with Crippen LogP contribution >= 0.6 is 0 Å². The van der Waals surface area contributed by atoms with Crippen molar-refractivity contribution in [2.24, 2.45) is 4.99 Å². The van der Waals surface area contributed by atoms with E-state index in [2.05, 4.69) is 26.7 Å². The number of nitrogens with zero attached hydrogens (tertiary/aromatic N) is 1. The minimum absolute atomic E-state index is 0.217. The molecule has 2 aromatic carbocycles. The standard InChI is InChI=1S/C21H25FN4O/c1-23-21(24-11-9-15-5-3-4-6-20(15)27-2)25-12-10-16-14-26-19-8-7-17(22)13-18(16)19/h3-8,13-14,26H,9-12H2,1-2H3,(H2,23,24,25). The summed E-state index contributed by atoms with van der Waals surface area (Å²) in [4.78, 5) is 7.43. The number of H-pyrrole nitrogens is 1. The lowest BCUT2D eigenvalue weighted by Crippen LogP contribution is -2.39. The van der Waals surface area contributed by atoms with E-state index in [0.29, 0.717) is 6.54 Å². The average Bonchev–Trinajstić information content (AvgIpc) is 3.09. The molecule has 0 aliphatic carbocycles. The SMILES string of the molecule is CN=C(NCCc1ccccc1OC)NCCc1c[nH]c2ccc(F)cc12. The highest BCUT2D eigenvalue weighted by Gasteiger charge is 2.06. The van der Waals surface area contributed by atoms with E-state index in [1.165, 1.54) is 6.07 Å². The van der Waals surface area contributed by atoms with Crippen molar-refractivity contribution < 1.29 is 9.13 Å². The molecular formula is C21H25FN4O. The Balaban J connectivity index is 1.48. The molecule has 5 nitrogen and oxygen atoms in total. The predicted molar refractivity (Wildman–Crippen MR) is 108 cm³/mol. The molecule has 1 aromatic heterocycles. The lowest BCUT2D eigenvalue weighted by atomic mass is 10.1. The zero-order valence-electron chi connectivity index (χ0n) is 15.7. The second-order valence-corrected chi connectivity index (χ2v) is 6.24. The van der Waals surface area contributed by atoms with E-state index in [-0.39, 0.29) is 5.82 Å². The number of aromatic amines is 1. The van der Waals surface area contributed by atoms with Crippen molar-refractivity contribution in [1.82, 2.24) is 15.6 Å². The number of benzene rings is 2. The Kier molecular flexibility index (Phi) is 6.30. The largest absolute Gasteiger partial charge is 0.496 e. The van der Waals surface area contributed by atoms with E-state index in [1.54, 1.807) is 26.3 Å². The van der Waals surface area contributed by atoms with Gasteiger partial charge in [0, 0.05) is 37.2 Å². The highest BCUT2D eigenvalue weighted by atomic mass is 19.1. The lowest BCUT2D eigenvalue weighted by Gasteiger charge is -2.13. The zero-order valence-corrected chi connectivity index (χ0v) is 15.7. The minimum Gasteiger partial charge on any atom is -0.496 e. The Morgan fingerprint density at radius 2 is 1.81 bits per heavy atom. The molecule has 0 aliphatic heterocycles. The maximum absolute atomic E-state index is 13.5. The van der Waals surface area contributed by atoms with E-state index in [9.17, 15) is 4.39 Å². The number of halogens is 1. The van der Waals surface area contributed by atoms with E-state index >= 15 is 0 Å². The van der Waals surface area contributed by atoms with Crippen LogP contribution in [0.3, 0.4) is 0 Å². The molecule has 1 heterocycles. The Morgan fingerprint density at radius 1 is 1.07 bits per heavy atom. The Morgan fingerprint density at radius 3 is 2.56 bits per heavy atom. The van der Waals surface area contributed by atoms with Crippen molar-refractivity contribution in [2.75, 3.05) is 27.2 Å². The Labute approximate surface area is 158 Å². The van der Waals surface area contributed by atoms with Gasteiger partial charge < -0.3 is 20.4 Å². The Hall–Kier alpha value is -3.02. The quantitative estimate of drug-likeness (QED) is 0.443. The number of methoxy groups -OCH3 is 1. The normalized spacial score (nSPS) is 11.6. The van der Waals surface area contributed by atoms with Gasteiger partial charge in [-0.15, -0.1) is 0 Å². The molecule has 142 valence electrons. The van der Waals surface area contributed by atoms with Crippen LogP contribution < -0.4 is 15.4 Å². The third-order valence-electron chi connectivity index (χ3n) is 4.52. The van der Waals surface area contributed by atoms with Crippen LogP contribution in [-0.4, -0.2) is 38.2 Å². The second kappa shape index (κ2) is 9.07. The molecule has 0 unspecified atom stereocenters. The van der Waals surface area contributed by atoms with Crippen molar-refractivity contribution in [2.45, 2.75) is 12.8 Å². The lowest BCUT2D eigenvalue weighted by molar-refractivity contribution is 0.409. The molecule has 6 heteroatoms. The summed E-state index contributed by atoms with van der Waals surface area (Å²) in [5.41, 5.74) is 3.19. The molecule has 0 fully saturated rings.